The zero-order valence-corrected chi connectivity index (χ0v) is 11.2. The van der Waals surface area contributed by atoms with Crippen LogP contribution in [0.2, 0.25) is 5.02 Å². The summed E-state index contributed by atoms with van der Waals surface area (Å²) in [6, 6.07) is 5.88. The standard InChI is InChI=1S/C14H14ClFN2O/c1-2-19-10-6-9(7-18-8-10)14(17)11-4-3-5-12(15)13(11)16/h3-8,14H,2,17H2,1H3. The van der Waals surface area contributed by atoms with E-state index in [0.29, 0.717) is 23.5 Å². The number of pyridine rings is 1. The van der Waals surface area contributed by atoms with Crippen LogP contribution in [0.25, 0.3) is 0 Å². The minimum Gasteiger partial charge on any atom is -0.492 e. The SMILES string of the molecule is CCOc1cncc(C(N)c2cccc(Cl)c2F)c1. The first-order valence-electron chi connectivity index (χ1n) is 5.90. The summed E-state index contributed by atoms with van der Waals surface area (Å²) < 4.78 is 19.3. The van der Waals surface area contributed by atoms with Crippen molar-refractivity contribution in [3.63, 3.8) is 0 Å². The molecule has 1 unspecified atom stereocenters. The Morgan fingerprint density at radius 2 is 2.21 bits per heavy atom. The van der Waals surface area contributed by atoms with Crippen LogP contribution in [0.4, 0.5) is 4.39 Å². The van der Waals surface area contributed by atoms with Gasteiger partial charge in [0.05, 0.1) is 23.9 Å². The summed E-state index contributed by atoms with van der Waals surface area (Å²) >= 11 is 5.76. The molecule has 5 heteroatoms. The average Bonchev–Trinajstić information content (AvgIpc) is 2.42. The normalized spacial score (nSPS) is 12.2. The minimum absolute atomic E-state index is 0.0573. The highest BCUT2D eigenvalue weighted by Gasteiger charge is 2.16. The molecule has 2 aromatic rings. The van der Waals surface area contributed by atoms with Crippen LogP contribution < -0.4 is 10.5 Å². The van der Waals surface area contributed by atoms with E-state index in [4.69, 9.17) is 22.1 Å². The summed E-state index contributed by atoms with van der Waals surface area (Å²) in [6.07, 6.45) is 3.18. The molecule has 1 heterocycles. The monoisotopic (exact) mass is 280 g/mol. The predicted molar refractivity (Wildman–Crippen MR) is 72.8 cm³/mol. The maximum absolute atomic E-state index is 13.9. The molecular weight excluding hydrogens is 267 g/mol. The van der Waals surface area contributed by atoms with Crippen LogP contribution in [-0.2, 0) is 0 Å². The smallest absolute Gasteiger partial charge is 0.146 e. The molecular formula is C14H14ClFN2O. The van der Waals surface area contributed by atoms with Crippen molar-refractivity contribution in [2.45, 2.75) is 13.0 Å². The second-order valence-corrected chi connectivity index (χ2v) is 4.41. The van der Waals surface area contributed by atoms with Gasteiger partial charge in [0.2, 0.25) is 0 Å². The zero-order chi connectivity index (χ0) is 13.8. The average molecular weight is 281 g/mol. The largest absolute Gasteiger partial charge is 0.492 e. The number of nitrogens with two attached hydrogens (primary N) is 1. The van der Waals surface area contributed by atoms with Crippen molar-refractivity contribution in [1.29, 1.82) is 0 Å². The Hall–Kier alpha value is -1.65. The number of aromatic nitrogens is 1. The lowest BCUT2D eigenvalue weighted by Crippen LogP contribution is -2.14. The molecule has 19 heavy (non-hydrogen) atoms. The highest BCUT2D eigenvalue weighted by Crippen LogP contribution is 2.27. The molecule has 0 spiro atoms. The van der Waals surface area contributed by atoms with E-state index in [9.17, 15) is 4.39 Å². The van der Waals surface area contributed by atoms with Crippen LogP contribution in [0, 0.1) is 5.82 Å². The molecule has 0 aliphatic heterocycles. The van der Waals surface area contributed by atoms with Crippen molar-refractivity contribution in [1.82, 2.24) is 4.98 Å². The van der Waals surface area contributed by atoms with Crippen molar-refractivity contribution in [3.8, 4) is 5.75 Å². The van der Waals surface area contributed by atoms with Crippen LogP contribution in [0.1, 0.15) is 24.1 Å². The van der Waals surface area contributed by atoms with Gasteiger partial charge < -0.3 is 10.5 Å². The Kier molecular flexibility index (Phi) is 4.35. The number of benzene rings is 1. The molecule has 0 aliphatic carbocycles. The molecule has 0 radical (unpaired) electrons. The first-order chi connectivity index (χ1) is 9.13. The van der Waals surface area contributed by atoms with Gasteiger partial charge in [-0.25, -0.2) is 4.39 Å². The lowest BCUT2D eigenvalue weighted by Gasteiger charge is -2.14. The van der Waals surface area contributed by atoms with Crippen LogP contribution in [-0.4, -0.2) is 11.6 Å². The lowest BCUT2D eigenvalue weighted by molar-refractivity contribution is 0.338. The molecule has 1 aromatic carbocycles. The van der Waals surface area contributed by atoms with Crippen molar-refractivity contribution in [3.05, 3.63) is 58.6 Å². The Morgan fingerprint density at radius 3 is 2.95 bits per heavy atom. The van der Waals surface area contributed by atoms with Gasteiger partial charge in [0, 0.05) is 11.8 Å². The molecule has 0 fully saturated rings. The number of ether oxygens (including phenoxy) is 1. The van der Waals surface area contributed by atoms with Gasteiger partial charge in [0.25, 0.3) is 0 Å². The number of hydrogen-bond donors (Lipinski definition) is 1. The van der Waals surface area contributed by atoms with Crippen LogP contribution >= 0.6 is 11.6 Å². The van der Waals surface area contributed by atoms with Crippen LogP contribution in [0.15, 0.2) is 36.7 Å². The fourth-order valence-corrected chi connectivity index (χ4v) is 1.97. The number of nitrogens with zero attached hydrogens (tertiary/aromatic N) is 1. The van der Waals surface area contributed by atoms with Gasteiger partial charge in [-0.3, -0.25) is 4.98 Å². The van der Waals surface area contributed by atoms with E-state index >= 15 is 0 Å². The Bertz CT molecular complexity index is 577. The Morgan fingerprint density at radius 1 is 1.42 bits per heavy atom. The summed E-state index contributed by atoms with van der Waals surface area (Å²) in [5.41, 5.74) is 7.07. The van der Waals surface area contributed by atoms with E-state index in [0.717, 1.165) is 0 Å². The van der Waals surface area contributed by atoms with Crippen molar-refractivity contribution in [2.24, 2.45) is 5.73 Å². The summed E-state index contributed by atoms with van der Waals surface area (Å²) in [4.78, 5) is 4.04. The highest BCUT2D eigenvalue weighted by atomic mass is 35.5. The molecule has 0 aliphatic rings. The quantitative estimate of drug-likeness (QED) is 0.934. The fourth-order valence-electron chi connectivity index (χ4n) is 1.79. The third-order valence-electron chi connectivity index (χ3n) is 2.72. The van der Waals surface area contributed by atoms with Gasteiger partial charge >= 0.3 is 0 Å². The molecule has 2 rings (SSSR count). The summed E-state index contributed by atoms with van der Waals surface area (Å²) in [7, 11) is 0. The minimum atomic E-state index is -0.633. The topological polar surface area (TPSA) is 48.1 Å². The molecule has 0 bridgehead atoms. The van der Waals surface area contributed by atoms with E-state index in [1.807, 2.05) is 6.92 Å². The van der Waals surface area contributed by atoms with Crippen LogP contribution in [0.5, 0.6) is 5.75 Å². The summed E-state index contributed by atoms with van der Waals surface area (Å²) in [5.74, 6) is 0.108. The number of rotatable bonds is 4. The Balaban J connectivity index is 2.35. The number of halogens is 2. The van der Waals surface area contributed by atoms with Crippen molar-refractivity contribution < 1.29 is 9.13 Å². The maximum Gasteiger partial charge on any atom is 0.146 e. The van der Waals surface area contributed by atoms with Gasteiger partial charge in [0.15, 0.2) is 0 Å². The van der Waals surface area contributed by atoms with Gasteiger partial charge in [-0.2, -0.15) is 0 Å². The van der Waals surface area contributed by atoms with E-state index < -0.39 is 11.9 Å². The molecule has 1 atom stereocenters. The third kappa shape index (κ3) is 3.03. The van der Waals surface area contributed by atoms with E-state index in [1.165, 1.54) is 6.07 Å². The highest BCUT2D eigenvalue weighted by molar-refractivity contribution is 6.30. The summed E-state index contributed by atoms with van der Waals surface area (Å²) in [6.45, 7) is 2.41. The van der Waals surface area contributed by atoms with Gasteiger partial charge in [-0.05, 0) is 24.6 Å². The van der Waals surface area contributed by atoms with Gasteiger partial charge in [-0.1, -0.05) is 23.7 Å². The fraction of sp³-hybridized carbons (Fsp3) is 0.214. The third-order valence-corrected chi connectivity index (χ3v) is 3.01. The maximum atomic E-state index is 13.9. The first-order valence-corrected chi connectivity index (χ1v) is 6.28. The molecule has 2 N–H and O–H groups in total. The molecule has 0 amide bonds. The zero-order valence-electron chi connectivity index (χ0n) is 10.4. The molecule has 3 nitrogen and oxygen atoms in total. The van der Waals surface area contributed by atoms with E-state index in [1.54, 1.807) is 30.6 Å². The lowest BCUT2D eigenvalue weighted by atomic mass is 10.0. The van der Waals surface area contributed by atoms with Crippen molar-refractivity contribution in [2.75, 3.05) is 6.61 Å². The molecule has 1 aromatic heterocycles. The van der Waals surface area contributed by atoms with Gasteiger partial charge in [-0.15, -0.1) is 0 Å². The van der Waals surface area contributed by atoms with E-state index in [-0.39, 0.29) is 5.02 Å². The molecule has 0 saturated carbocycles. The first kappa shape index (κ1) is 13.8. The van der Waals surface area contributed by atoms with Crippen molar-refractivity contribution >= 4 is 11.6 Å². The van der Waals surface area contributed by atoms with Crippen LogP contribution in [0.3, 0.4) is 0 Å². The van der Waals surface area contributed by atoms with E-state index in [2.05, 4.69) is 4.98 Å². The second-order valence-electron chi connectivity index (χ2n) is 4.01. The second kappa shape index (κ2) is 5.99. The number of hydrogen-bond acceptors (Lipinski definition) is 3. The van der Waals surface area contributed by atoms with Gasteiger partial charge in [0.1, 0.15) is 11.6 Å². The molecule has 100 valence electrons. The summed E-state index contributed by atoms with van der Waals surface area (Å²) in [5, 5.41) is 0.0573. The molecule has 0 saturated heterocycles. The predicted octanol–water partition coefficient (Wildman–Crippen LogP) is 3.32. The Labute approximate surface area is 116 Å².